The molecule has 0 aliphatic heterocycles. The number of hydrogen-bond donors (Lipinski definition) is 2. The molecule has 1 aromatic heterocycles. The van der Waals surface area contributed by atoms with Crippen LogP contribution in [0.2, 0.25) is 0 Å². The molecular formula is C16H28N2O2. The van der Waals surface area contributed by atoms with Crippen LogP contribution in [0.3, 0.4) is 0 Å². The standard InChI is InChI=1S/C16H28N2O2/c1-13(2)10-14(3)20-12-16(19)11-17-9-7-15-6-4-5-8-18-15/h4-6,8,13-14,16-17,19H,7,9-12H2,1-3H3. The molecule has 2 unspecified atom stereocenters. The highest BCUT2D eigenvalue weighted by Crippen LogP contribution is 2.07. The lowest BCUT2D eigenvalue weighted by Crippen LogP contribution is -2.33. The Morgan fingerprint density at radius 2 is 2.10 bits per heavy atom. The number of rotatable bonds is 10. The Morgan fingerprint density at radius 3 is 2.75 bits per heavy atom. The van der Waals surface area contributed by atoms with Crippen molar-refractivity contribution in [1.82, 2.24) is 10.3 Å². The van der Waals surface area contributed by atoms with Gasteiger partial charge in [-0.15, -0.1) is 0 Å². The summed E-state index contributed by atoms with van der Waals surface area (Å²) in [6, 6.07) is 5.91. The summed E-state index contributed by atoms with van der Waals surface area (Å²) in [5.74, 6) is 0.624. The molecule has 0 amide bonds. The second-order valence-corrected chi connectivity index (χ2v) is 5.70. The topological polar surface area (TPSA) is 54.4 Å². The van der Waals surface area contributed by atoms with Crippen molar-refractivity contribution in [1.29, 1.82) is 0 Å². The number of pyridine rings is 1. The lowest BCUT2D eigenvalue weighted by atomic mass is 10.1. The molecule has 2 atom stereocenters. The summed E-state index contributed by atoms with van der Waals surface area (Å²) in [5, 5.41) is 13.1. The Hall–Kier alpha value is -0.970. The lowest BCUT2D eigenvalue weighted by Gasteiger charge is -2.18. The van der Waals surface area contributed by atoms with Crippen LogP contribution >= 0.6 is 0 Å². The first-order chi connectivity index (χ1) is 9.58. The van der Waals surface area contributed by atoms with E-state index in [0.29, 0.717) is 19.1 Å². The van der Waals surface area contributed by atoms with Crippen LogP contribution in [0.25, 0.3) is 0 Å². The number of aliphatic hydroxyl groups is 1. The van der Waals surface area contributed by atoms with E-state index < -0.39 is 6.10 Å². The Labute approximate surface area is 122 Å². The normalized spacial score (nSPS) is 14.4. The van der Waals surface area contributed by atoms with Crippen molar-refractivity contribution in [3.05, 3.63) is 30.1 Å². The fourth-order valence-electron chi connectivity index (χ4n) is 2.10. The molecule has 0 bridgehead atoms. The molecule has 0 aliphatic rings. The van der Waals surface area contributed by atoms with Gasteiger partial charge in [-0.3, -0.25) is 4.98 Å². The van der Waals surface area contributed by atoms with Gasteiger partial charge in [0.25, 0.3) is 0 Å². The molecule has 0 radical (unpaired) electrons. The molecule has 1 rings (SSSR count). The van der Waals surface area contributed by atoms with Gasteiger partial charge in [0.1, 0.15) is 0 Å². The summed E-state index contributed by atoms with van der Waals surface area (Å²) in [6.45, 7) is 8.17. The van der Waals surface area contributed by atoms with Gasteiger partial charge in [0, 0.05) is 31.4 Å². The van der Waals surface area contributed by atoms with Crippen molar-refractivity contribution in [2.45, 2.75) is 45.8 Å². The zero-order chi connectivity index (χ0) is 14.8. The Bertz CT molecular complexity index is 344. The number of nitrogens with one attached hydrogen (secondary N) is 1. The largest absolute Gasteiger partial charge is 0.389 e. The smallest absolute Gasteiger partial charge is 0.0897 e. The van der Waals surface area contributed by atoms with E-state index in [1.807, 2.05) is 18.2 Å². The molecule has 0 saturated carbocycles. The average Bonchev–Trinajstić information content (AvgIpc) is 2.42. The number of ether oxygens (including phenoxy) is 1. The van der Waals surface area contributed by atoms with Crippen LogP contribution in [0.1, 0.15) is 32.9 Å². The van der Waals surface area contributed by atoms with E-state index in [4.69, 9.17) is 4.74 Å². The molecule has 4 heteroatoms. The maximum Gasteiger partial charge on any atom is 0.0897 e. The fourth-order valence-corrected chi connectivity index (χ4v) is 2.10. The summed E-state index contributed by atoms with van der Waals surface area (Å²) in [4.78, 5) is 4.26. The summed E-state index contributed by atoms with van der Waals surface area (Å²) in [6.07, 6.45) is 3.46. The van der Waals surface area contributed by atoms with Crippen LogP contribution in [0, 0.1) is 5.92 Å². The predicted molar refractivity (Wildman–Crippen MR) is 81.7 cm³/mol. The molecule has 1 heterocycles. The molecule has 0 fully saturated rings. The average molecular weight is 280 g/mol. The number of aliphatic hydroxyl groups excluding tert-OH is 1. The SMILES string of the molecule is CC(C)CC(C)OCC(O)CNCCc1ccccn1. The van der Waals surface area contributed by atoms with Crippen LogP contribution in [-0.4, -0.2) is 42.0 Å². The summed E-state index contributed by atoms with van der Waals surface area (Å²) in [7, 11) is 0. The van der Waals surface area contributed by atoms with E-state index in [-0.39, 0.29) is 6.10 Å². The maximum atomic E-state index is 9.83. The monoisotopic (exact) mass is 280 g/mol. The Kier molecular flexibility index (Phi) is 8.42. The Morgan fingerprint density at radius 1 is 1.30 bits per heavy atom. The van der Waals surface area contributed by atoms with E-state index in [1.165, 1.54) is 0 Å². The number of nitrogens with zero attached hydrogens (tertiary/aromatic N) is 1. The molecule has 114 valence electrons. The third-order valence-corrected chi connectivity index (χ3v) is 3.04. The van der Waals surface area contributed by atoms with Crippen molar-refractivity contribution < 1.29 is 9.84 Å². The van der Waals surface area contributed by atoms with Gasteiger partial charge >= 0.3 is 0 Å². The van der Waals surface area contributed by atoms with Gasteiger partial charge in [0.2, 0.25) is 0 Å². The minimum absolute atomic E-state index is 0.207. The van der Waals surface area contributed by atoms with Gasteiger partial charge in [0.15, 0.2) is 0 Å². The second kappa shape index (κ2) is 9.86. The van der Waals surface area contributed by atoms with Crippen LogP contribution in [0.15, 0.2) is 24.4 Å². The molecule has 1 aromatic rings. The van der Waals surface area contributed by atoms with Crippen molar-refractivity contribution in [2.24, 2.45) is 5.92 Å². The van der Waals surface area contributed by atoms with Crippen molar-refractivity contribution in [3.8, 4) is 0 Å². The quantitative estimate of drug-likeness (QED) is 0.644. The molecule has 0 aliphatic carbocycles. The van der Waals surface area contributed by atoms with Crippen molar-refractivity contribution >= 4 is 0 Å². The number of hydrogen-bond acceptors (Lipinski definition) is 4. The number of aromatic nitrogens is 1. The Balaban J connectivity index is 2.04. The zero-order valence-corrected chi connectivity index (χ0v) is 12.9. The van der Waals surface area contributed by atoms with Gasteiger partial charge in [-0.25, -0.2) is 0 Å². The van der Waals surface area contributed by atoms with Crippen molar-refractivity contribution in [3.63, 3.8) is 0 Å². The van der Waals surface area contributed by atoms with Gasteiger partial charge in [-0.05, 0) is 31.4 Å². The second-order valence-electron chi connectivity index (χ2n) is 5.70. The molecule has 0 spiro atoms. The van der Waals surface area contributed by atoms with Crippen LogP contribution < -0.4 is 5.32 Å². The highest BCUT2D eigenvalue weighted by Gasteiger charge is 2.09. The first-order valence-electron chi connectivity index (χ1n) is 7.48. The molecule has 0 aromatic carbocycles. The first-order valence-corrected chi connectivity index (χ1v) is 7.48. The fraction of sp³-hybridized carbons (Fsp3) is 0.688. The van der Waals surface area contributed by atoms with Gasteiger partial charge in [-0.2, -0.15) is 0 Å². The van der Waals surface area contributed by atoms with E-state index in [9.17, 15) is 5.11 Å². The highest BCUT2D eigenvalue weighted by atomic mass is 16.5. The van der Waals surface area contributed by atoms with Gasteiger partial charge in [0.05, 0.1) is 18.8 Å². The molecule has 20 heavy (non-hydrogen) atoms. The van der Waals surface area contributed by atoms with E-state index in [2.05, 4.69) is 31.1 Å². The minimum Gasteiger partial charge on any atom is -0.389 e. The molecule has 0 saturated heterocycles. The van der Waals surface area contributed by atoms with Crippen LogP contribution in [-0.2, 0) is 11.2 Å². The summed E-state index contributed by atoms with van der Waals surface area (Å²) < 4.78 is 5.63. The van der Waals surface area contributed by atoms with Crippen LogP contribution in [0.5, 0.6) is 0 Å². The predicted octanol–water partition coefficient (Wildman–Crippen LogP) is 2.03. The molecule has 4 nitrogen and oxygen atoms in total. The molecular weight excluding hydrogens is 252 g/mol. The third kappa shape index (κ3) is 8.25. The van der Waals surface area contributed by atoms with Crippen molar-refractivity contribution in [2.75, 3.05) is 19.7 Å². The highest BCUT2D eigenvalue weighted by molar-refractivity contribution is 5.03. The van der Waals surface area contributed by atoms with E-state index in [0.717, 1.165) is 25.1 Å². The third-order valence-electron chi connectivity index (χ3n) is 3.04. The van der Waals surface area contributed by atoms with Crippen LogP contribution in [0.4, 0.5) is 0 Å². The van der Waals surface area contributed by atoms with Gasteiger partial charge in [-0.1, -0.05) is 19.9 Å². The maximum absolute atomic E-state index is 9.83. The minimum atomic E-state index is -0.451. The molecule has 2 N–H and O–H groups in total. The first kappa shape index (κ1) is 17.1. The van der Waals surface area contributed by atoms with E-state index >= 15 is 0 Å². The summed E-state index contributed by atoms with van der Waals surface area (Å²) in [5.41, 5.74) is 1.07. The zero-order valence-electron chi connectivity index (χ0n) is 12.9. The van der Waals surface area contributed by atoms with Gasteiger partial charge < -0.3 is 15.2 Å². The summed E-state index contributed by atoms with van der Waals surface area (Å²) >= 11 is 0. The van der Waals surface area contributed by atoms with E-state index in [1.54, 1.807) is 6.20 Å². The lowest BCUT2D eigenvalue weighted by molar-refractivity contribution is -0.00839.